The molecule has 0 radical (unpaired) electrons. The van der Waals surface area contributed by atoms with Gasteiger partial charge in [-0.05, 0) is 113 Å². The maximum atomic E-state index is 15.4. The number of amides is 2. The molecule has 1 aromatic heterocycles. The summed E-state index contributed by atoms with van der Waals surface area (Å²) in [6.07, 6.45) is 0.0236. The molecule has 1 aliphatic carbocycles. The van der Waals surface area contributed by atoms with Crippen LogP contribution in [0, 0.1) is 0 Å². The quantitative estimate of drug-likeness (QED) is 0.125. The summed E-state index contributed by atoms with van der Waals surface area (Å²) in [4.78, 5) is 32.2. The lowest BCUT2D eigenvalue weighted by Gasteiger charge is -2.40. The molecule has 1 aliphatic rings. The summed E-state index contributed by atoms with van der Waals surface area (Å²) in [5.74, 6) is -0.00832. The second-order valence-electron chi connectivity index (χ2n) is 14.1. The molecule has 4 aromatic rings. The number of carbonyl (C=O) groups is 2. The van der Waals surface area contributed by atoms with E-state index in [1.807, 2.05) is 65.5 Å². The van der Waals surface area contributed by atoms with Crippen LogP contribution in [0.15, 0.2) is 78.2 Å². The summed E-state index contributed by atoms with van der Waals surface area (Å²) in [5.41, 5.74) is 5.22. The van der Waals surface area contributed by atoms with E-state index in [2.05, 4.69) is 83.3 Å². The number of thiophene rings is 1. The normalized spacial score (nSPS) is 14.8. The third-order valence-corrected chi connectivity index (χ3v) is 10.4. The number of carbonyl (C=O) groups excluding carboxylic acids is 2. The van der Waals surface area contributed by atoms with Crippen LogP contribution < -0.4 is 5.32 Å². The molecule has 5 rings (SSSR count). The molecule has 268 valence electrons. The Morgan fingerprint density at radius 1 is 0.860 bits per heavy atom. The zero-order valence-electron chi connectivity index (χ0n) is 30.8. The lowest BCUT2D eigenvalue weighted by Crippen LogP contribution is -2.54. The van der Waals surface area contributed by atoms with Gasteiger partial charge in [-0.15, -0.1) is 11.3 Å². The number of fused-ring (bicyclic) bond motifs is 4. The second-order valence-corrected chi connectivity index (χ2v) is 15.0. The van der Waals surface area contributed by atoms with E-state index in [0.29, 0.717) is 32.6 Å². The highest BCUT2D eigenvalue weighted by Gasteiger charge is 2.40. The van der Waals surface area contributed by atoms with Gasteiger partial charge in [0.15, 0.2) is 6.29 Å². The molecular weight excluding hydrogens is 647 g/mol. The molecule has 0 fully saturated rings. The monoisotopic (exact) mass is 699 g/mol. The average molecular weight is 700 g/mol. The first kappa shape index (κ1) is 37.5. The molecule has 0 saturated carbocycles. The Morgan fingerprint density at radius 3 is 2.04 bits per heavy atom. The van der Waals surface area contributed by atoms with E-state index in [1.54, 1.807) is 11.3 Å². The highest BCUT2D eigenvalue weighted by molar-refractivity contribution is 7.17. The molecule has 8 nitrogen and oxygen atoms in total. The van der Waals surface area contributed by atoms with Gasteiger partial charge in [0.2, 0.25) is 5.91 Å². The van der Waals surface area contributed by atoms with Crippen LogP contribution in [0.25, 0.3) is 21.2 Å². The molecule has 1 unspecified atom stereocenters. The minimum Gasteiger partial charge on any atom is -0.444 e. The van der Waals surface area contributed by atoms with Gasteiger partial charge in [0.25, 0.3) is 0 Å². The standard InChI is InChI=1S/C41H53N3O5S/c1-9-47-39(48-10-2)28(4)44(25-29-26-50-36-22-16-15-17-30(29)36)38(45)35(24-23-27(3)42-40(46)49-41(5,6)7)43(8)37-33-20-13-11-18-31(33)32-19-12-14-21-34(32)37/h11-22,26-28,35,37,39H,9-10,23-25H2,1-8H3,(H,42,46)/t27?,28-,35-/m0/s1. The van der Waals surface area contributed by atoms with Crippen LogP contribution in [0.2, 0.25) is 0 Å². The molecule has 9 heteroatoms. The van der Waals surface area contributed by atoms with Crippen LogP contribution in [-0.2, 0) is 25.5 Å². The maximum absolute atomic E-state index is 15.4. The van der Waals surface area contributed by atoms with E-state index >= 15 is 4.79 Å². The van der Waals surface area contributed by atoms with Gasteiger partial charge >= 0.3 is 6.09 Å². The fourth-order valence-electron chi connectivity index (χ4n) is 6.99. The highest BCUT2D eigenvalue weighted by Crippen LogP contribution is 2.46. The predicted octanol–water partition coefficient (Wildman–Crippen LogP) is 8.78. The summed E-state index contributed by atoms with van der Waals surface area (Å²) in [7, 11) is 2.06. The lowest BCUT2D eigenvalue weighted by molar-refractivity contribution is -0.181. The fourth-order valence-corrected chi connectivity index (χ4v) is 7.95. The van der Waals surface area contributed by atoms with E-state index in [0.717, 1.165) is 10.9 Å². The van der Waals surface area contributed by atoms with Crippen molar-refractivity contribution in [3.8, 4) is 11.1 Å². The fraction of sp³-hybridized carbons (Fsp3) is 0.463. The number of rotatable bonds is 15. The van der Waals surface area contributed by atoms with E-state index in [9.17, 15) is 4.79 Å². The van der Waals surface area contributed by atoms with Gasteiger partial charge in [-0.25, -0.2) is 4.79 Å². The molecule has 3 aromatic carbocycles. The van der Waals surface area contributed by atoms with E-state index in [4.69, 9.17) is 14.2 Å². The number of likely N-dealkylation sites (N-methyl/N-ethyl adjacent to an activating group) is 1. The minimum absolute atomic E-state index is 0.00832. The molecule has 0 saturated heterocycles. The molecule has 1 N–H and O–H groups in total. The van der Waals surface area contributed by atoms with Gasteiger partial charge in [0, 0.05) is 30.5 Å². The molecule has 0 spiro atoms. The Morgan fingerprint density at radius 2 is 1.44 bits per heavy atom. The molecule has 2 amide bonds. The van der Waals surface area contributed by atoms with Crippen molar-refractivity contribution in [3.05, 3.63) is 94.9 Å². The molecule has 1 heterocycles. The van der Waals surface area contributed by atoms with Gasteiger partial charge in [-0.1, -0.05) is 66.7 Å². The zero-order chi connectivity index (χ0) is 36.0. The Balaban J connectivity index is 1.53. The summed E-state index contributed by atoms with van der Waals surface area (Å²) in [6.45, 7) is 14.8. The van der Waals surface area contributed by atoms with Gasteiger partial charge in [0.05, 0.1) is 18.1 Å². The molecular formula is C41H53N3O5S. The smallest absolute Gasteiger partial charge is 0.407 e. The van der Waals surface area contributed by atoms with Crippen LogP contribution >= 0.6 is 11.3 Å². The van der Waals surface area contributed by atoms with E-state index < -0.39 is 24.0 Å². The third kappa shape index (κ3) is 8.57. The Hall–Kier alpha value is -3.76. The number of nitrogens with one attached hydrogen (secondary N) is 1. The van der Waals surface area contributed by atoms with Gasteiger partial charge in [-0.2, -0.15) is 0 Å². The zero-order valence-corrected chi connectivity index (χ0v) is 31.6. The minimum atomic E-state index is -0.605. The van der Waals surface area contributed by atoms with Crippen LogP contribution in [0.5, 0.6) is 0 Å². The Labute approximate surface area is 301 Å². The van der Waals surface area contributed by atoms with Crippen LogP contribution in [0.1, 0.15) is 84.0 Å². The highest BCUT2D eigenvalue weighted by atomic mass is 32.1. The third-order valence-electron chi connectivity index (χ3n) is 9.35. The maximum Gasteiger partial charge on any atom is 0.407 e. The first-order valence-corrected chi connectivity index (χ1v) is 18.7. The molecule has 0 aliphatic heterocycles. The van der Waals surface area contributed by atoms with Crippen molar-refractivity contribution < 1.29 is 23.8 Å². The Bertz CT molecular complexity index is 1700. The van der Waals surface area contributed by atoms with Crippen molar-refractivity contribution in [2.75, 3.05) is 20.3 Å². The number of ether oxygens (including phenoxy) is 3. The SMILES string of the molecule is CCOC(OCC)[C@H](C)N(Cc1csc2ccccc12)C(=O)[C@H](CCC(C)NC(=O)OC(C)(C)C)N(C)C1c2ccccc2-c2ccccc21. The molecule has 3 atom stereocenters. The largest absolute Gasteiger partial charge is 0.444 e. The molecule has 0 bridgehead atoms. The first-order valence-electron chi connectivity index (χ1n) is 17.8. The van der Waals surface area contributed by atoms with E-state index in [1.165, 1.54) is 27.0 Å². The van der Waals surface area contributed by atoms with Crippen molar-refractivity contribution in [2.45, 2.75) is 104 Å². The predicted molar refractivity (Wildman–Crippen MR) is 202 cm³/mol. The molecule has 50 heavy (non-hydrogen) atoms. The van der Waals surface area contributed by atoms with Gasteiger partial charge in [-0.3, -0.25) is 9.69 Å². The lowest BCUT2D eigenvalue weighted by atomic mass is 9.97. The number of benzene rings is 3. The summed E-state index contributed by atoms with van der Waals surface area (Å²) in [6, 6.07) is 24.0. The summed E-state index contributed by atoms with van der Waals surface area (Å²) >= 11 is 1.69. The van der Waals surface area contributed by atoms with E-state index in [-0.39, 0.29) is 24.0 Å². The number of nitrogens with zero attached hydrogens (tertiary/aromatic N) is 2. The van der Waals surface area contributed by atoms with Crippen LogP contribution in [0.3, 0.4) is 0 Å². The van der Waals surface area contributed by atoms with Crippen molar-refractivity contribution in [1.82, 2.24) is 15.1 Å². The topological polar surface area (TPSA) is 80.3 Å². The van der Waals surface area contributed by atoms with Gasteiger partial charge in [0.1, 0.15) is 5.60 Å². The van der Waals surface area contributed by atoms with Crippen molar-refractivity contribution in [1.29, 1.82) is 0 Å². The van der Waals surface area contributed by atoms with Crippen LogP contribution in [-0.4, -0.2) is 72.1 Å². The summed E-state index contributed by atoms with van der Waals surface area (Å²) < 4.78 is 18.9. The number of hydrogen-bond acceptors (Lipinski definition) is 7. The Kier molecular flexibility index (Phi) is 12.4. The van der Waals surface area contributed by atoms with Crippen LogP contribution in [0.4, 0.5) is 4.79 Å². The summed E-state index contributed by atoms with van der Waals surface area (Å²) in [5, 5.41) is 6.29. The van der Waals surface area contributed by atoms with Gasteiger partial charge < -0.3 is 24.4 Å². The van der Waals surface area contributed by atoms with Crippen molar-refractivity contribution >= 4 is 33.4 Å². The first-order chi connectivity index (χ1) is 23.9. The van der Waals surface area contributed by atoms with Crippen molar-refractivity contribution in [3.63, 3.8) is 0 Å². The average Bonchev–Trinajstić information content (AvgIpc) is 3.64. The second kappa shape index (κ2) is 16.5. The van der Waals surface area contributed by atoms with Crippen molar-refractivity contribution in [2.24, 2.45) is 0 Å². The number of alkyl carbamates (subject to hydrolysis) is 1. The number of hydrogen-bond donors (Lipinski definition) is 1.